The maximum Gasteiger partial charge on any atom is 0.270 e. The number of rotatable bonds is 4. The Morgan fingerprint density at radius 3 is 2.42 bits per heavy atom. The number of pyridine rings is 1. The number of allylic oxidation sites excluding steroid dienone is 2. The molecular weight excluding hydrogens is 491 g/mol. The number of methoxy groups -OCH3 is 1. The highest BCUT2D eigenvalue weighted by Gasteiger charge is 2.28. The van der Waals surface area contributed by atoms with Crippen molar-refractivity contribution in [2.45, 2.75) is 46.0 Å². The number of nitrogens with zero attached hydrogens (tertiary/aromatic N) is 3. The molecule has 8 heteroatoms. The second-order valence-electron chi connectivity index (χ2n) is 8.85. The molecule has 4 rings (SSSR count). The van der Waals surface area contributed by atoms with Crippen molar-refractivity contribution < 1.29 is 22.7 Å². The van der Waals surface area contributed by atoms with Gasteiger partial charge in [0, 0.05) is 43.3 Å². The summed E-state index contributed by atoms with van der Waals surface area (Å²) in [5.74, 6) is -3.00. The van der Waals surface area contributed by atoms with Crippen LogP contribution in [-0.4, -0.2) is 32.1 Å². The Kier molecular flexibility index (Phi) is 9.55. The number of carbonyl (C=O) groups excluding carboxylic acids is 1. The second kappa shape index (κ2) is 12.6. The minimum absolute atomic E-state index is 0.197. The van der Waals surface area contributed by atoms with E-state index in [1.165, 1.54) is 30.3 Å². The molecule has 0 radical (unpaired) electrons. The van der Waals surface area contributed by atoms with E-state index in [-0.39, 0.29) is 23.6 Å². The van der Waals surface area contributed by atoms with Crippen molar-refractivity contribution >= 4 is 23.3 Å². The average molecular weight is 526 g/mol. The van der Waals surface area contributed by atoms with Crippen molar-refractivity contribution in [2.75, 3.05) is 30.6 Å². The normalized spacial score (nSPS) is 14.6. The van der Waals surface area contributed by atoms with Crippen molar-refractivity contribution in [3.63, 3.8) is 0 Å². The number of benzene rings is 2. The van der Waals surface area contributed by atoms with Crippen molar-refractivity contribution in [1.82, 2.24) is 4.98 Å². The summed E-state index contributed by atoms with van der Waals surface area (Å²) in [6, 6.07) is 12.1. The highest BCUT2D eigenvalue weighted by Crippen LogP contribution is 2.37. The van der Waals surface area contributed by atoms with Crippen LogP contribution in [0.4, 0.5) is 30.2 Å². The van der Waals surface area contributed by atoms with Crippen LogP contribution < -0.4 is 14.5 Å². The molecule has 0 aliphatic carbocycles. The van der Waals surface area contributed by atoms with Gasteiger partial charge in [-0.3, -0.25) is 4.79 Å². The molecule has 1 aliphatic heterocycles. The number of hydrogen-bond donors (Lipinski definition) is 0. The van der Waals surface area contributed by atoms with Crippen molar-refractivity contribution in [3.8, 4) is 5.88 Å². The Bertz CT molecular complexity index is 1290. The summed E-state index contributed by atoms with van der Waals surface area (Å²) in [5.41, 5.74) is 3.32. The number of hydrogen-bond acceptors (Lipinski definition) is 5. The number of aryl methyl sites for hydroxylation is 1. The lowest BCUT2D eigenvalue weighted by Gasteiger charge is -2.34. The number of fused-ring (bicyclic) bond motifs is 2. The zero-order valence-electron chi connectivity index (χ0n) is 22.5. The number of anilines is 3. The zero-order valence-corrected chi connectivity index (χ0v) is 22.5. The molecule has 2 aromatic carbocycles. The van der Waals surface area contributed by atoms with E-state index in [1.807, 2.05) is 44.0 Å². The van der Waals surface area contributed by atoms with Gasteiger partial charge in [-0.05, 0) is 54.8 Å². The van der Waals surface area contributed by atoms with E-state index in [4.69, 9.17) is 4.74 Å². The highest BCUT2D eigenvalue weighted by molar-refractivity contribution is 5.88. The molecule has 38 heavy (non-hydrogen) atoms. The van der Waals surface area contributed by atoms with Crippen LogP contribution >= 0.6 is 0 Å². The number of aromatic nitrogens is 1. The molecule has 0 unspecified atom stereocenters. The molecule has 0 spiro atoms. The number of carbonyl (C=O) groups is 1. The molecule has 1 aromatic heterocycles. The highest BCUT2D eigenvalue weighted by atomic mass is 19.3. The third-order valence-corrected chi connectivity index (χ3v) is 6.24. The fourth-order valence-corrected chi connectivity index (χ4v) is 4.38. The quantitative estimate of drug-likeness (QED) is 0.261. The van der Waals surface area contributed by atoms with Crippen LogP contribution in [0.2, 0.25) is 0 Å². The maximum atomic E-state index is 14.3. The van der Waals surface area contributed by atoms with Gasteiger partial charge >= 0.3 is 0 Å². The van der Waals surface area contributed by atoms with E-state index in [1.54, 1.807) is 24.1 Å². The Hall–Kier alpha value is -3.81. The summed E-state index contributed by atoms with van der Waals surface area (Å²) in [6.45, 7) is 5.02. The monoisotopic (exact) mass is 525 g/mol. The van der Waals surface area contributed by atoms with Gasteiger partial charge in [-0.2, -0.15) is 0 Å². The Morgan fingerprint density at radius 1 is 1.00 bits per heavy atom. The topological polar surface area (TPSA) is 45.7 Å². The number of halogens is 3. The Labute approximate surface area is 222 Å². The van der Waals surface area contributed by atoms with Gasteiger partial charge in [-0.1, -0.05) is 32.1 Å². The Balaban J connectivity index is 0.00000195. The van der Waals surface area contributed by atoms with Crippen LogP contribution in [0.5, 0.6) is 5.88 Å². The summed E-state index contributed by atoms with van der Waals surface area (Å²) in [5, 5.41) is 0. The van der Waals surface area contributed by atoms with Crippen molar-refractivity contribution in [2.24, 2.45) is 0 Å². The first-order chi connectivity index (χ1) is 18.2. The van der Waals surface area contributed by atoms with Gasteiger partial charge in [-0.15, -0.1) is 0 Å². The lowest BCUT2D eigenvalue weighted by Crippen LogP contribution is -2.34. The summed E-state index contributed by atoms with van der Waals surface area (Å²) < 4.78 is 48.2. The van der Waals surface area contributed by atoms with Crippen LogP contribution in [0.1, 0.15) is 54.4 Å². The van der Waals surface area contributed by atoms with Crippen molar-refractivity contribution in [1.29, 1.82) is 0 Å². The van der Waals surface area contributed by atoms with Gasteiger partial charge in [0.2, 0.25) is 5.88 Å². The minimum atomic E-state index is -3.10. The van der Waals surface area contributed by atoms with Gasteiger partial charge in [0.1, 0.15) is 5.82 Å². The van der Waals surface area contributed by atoms with E-state index in [0.717, 1.165) is 18.3 Å². The molecule has 0 fully saturated rings. The molecule has 0 bridgehead atoms. The van der Waals surface area contributed by atoms with Gasteiger partial charge in [-0.25, -0.2) is 18.2 Å². The smallest absolute Gasteiger partial charge is 0.270 e. The van der Waals surface area contributed by atoms with Crippen LogP contribution in [-0.2, 0) is 18.8 Å². The third-order valence-electron chi connectivity index (χ3n) is 6.24. The summed E-state index contributed by atoms with van der Waals surface area (Å²) in [6.07, 6.45) is 6.42. The molecule has 202 valence electrons. The molecule has 0 atom stereocenters. The number of aldehydes is 1. The molecule has 0 N–H and O–H groups in total. The van der Waals surface area contributed by atoms with E-state index in [2.05, 4.69) is 4.98 Å². The summed E-state index contributed by atoms with van der Waals surface area (Å²) >= 11 is 0. The largest absolute Gasteiger partial charge is 0.481 e. The fraction of sp³-hybridized carbons (Fsp3) is 0.333. The first kappa shape index (κ1) is 28.8. The van der Waals surface area contributed by atoms with Crippen LogP contribution in [0.3, 0.4) is 0 Å². The maximum absolute atomic E-state index is 14.3. The lowest BCUT2D eigenvalue weighted by molar-refractivity contribution is 0.0175. The van der Waals surface area contributed by atoms with Gasteiger partial charge in [0.15, 0.2) is 6.29 Å². The first-order valence-electron chi connectivity index (χ1n) is 12.6. The van der Waals surface area contributed by atoms with Crippen LogP contribution in [0.15, 0.2) is 60.7 Å². The van der Waals surface area contributed by atoms with Gasteiger partial charge < -0.3 is 14.5 Å². The molecule has 2 heterocycles. The molecule has 0 saturated carbocycles. The number of ether oxygens (including phenoxy) is 1. The SMILES string of the molecule is CC.COc1ccc2c(n1)C/C=C/CCc1cc(F)ccc1N(c1cc(C(C)(F)F)ccc1C=O)CN2C. The minimum Gasteiger partial charge on any atom is -0.481 e. The average Bonchev–Trinajstić information content (AvgIpc) is 2.91. The molecular formula is C30H34F3N3O2. The van der Waals surface area contributed by atoms with Crippen LogP contribution in [0.25, 0.3) is 0 Å². The van der Waals surface area contributed by atoms with E-state index in [9.17, 15) is 18.0 Å². The van der Waals surface area contributed by atoms with E-state index >= 15 is 0 Å². The Morgan fingerprint density at radius 2 is 1.74 bits per heavy atom. The predicted molar refractivity (Wildman–Crippen MR) is 147 cm³/mol. The van der Waals surface area contributed by atoms with Gasteiger partial charge in [0.05, 0.1) is 30.8 Å². The molecule has 5 nitrogen and oxygen atoms in total. The lowest BCUT2D eigenvalue weighted by atomic mass is 10.0. The third kappa shape index (κ3) is 6.54. The number of alkyl halides is 2. The fourth-order valence-electron chi connectivity index (χ4n) is 4.38. The standard InChI is InChI=1S/C28H28F3N3O2.C2H6/c1-28(30,31)21-10-9-20(17-35)26(16-21)34-18-33(2)25-13-14-27(36-3)32-23(25)8-6-4-5-7-19-15-22(29)11-12-24(19)34;1-2/h4,6,9-17H,5,7-8,18H2,1-3H3;1-2H3/b6-4+;. The summed E-state index contributed by atoms with van der Waals surface area (Å²) in [4.78, 5) is 20.3. The van der Waals surface area contributed by atoms with E-state index in [0.29, 0.717) is 48.4 Å². The molecule has 0 saturated heterocycles. The first-order valence-corrected chi connectivity index (χ1v) is 12.6. The molecule has 1 aliphatic rings. The molecule has 3 aromatic rings. The van der Waals surface area contributed by atoms with E-state index < -0.39 is 5.92 Å². The molecule has 0 amide bonds. The second-order valence-corrected chi connectivity index (χ2v) is 8.85. The predicted octanol–water partition coefficient (Wildman–Crippen LogP) is 7.46. The summed E-state index contributed by atoms with van der Waals surface area (Å²) in [7, 11) is 3.41. The van der Waals surface area contributed by atoms with Crippen LogP contribution in [0, 0.1) is 5.82 Å². The van der Waals surface area contributed by atoms with Crippen molar-refractivity contribution in [3.05, 3.63) is 88.9 Å². The van der Waals surface area contributed by atoms with Gasteiger partial charge in [0.25, 0.3) is 5.92 Å². The zero-order chi connectivity index (χ0) is 27.9.